The zero-order chi connectivity index (χ0) is 13.2. The lowest BCUT2D eigenvalue weighted by Gasteiger charge is -2.35. The van der Waals surface area contributed by atoms with Gasteiger partial charge in [-0.25, -0.2) is 0 Å². The van der Waals surface area contributed by atoms with Crippen LogP contribution < -0.4 is 5.32 Å². The number of piperazine rings is 1. The van der Waals surface area contributed by atoms with Crippen LogP contribution in [0.3, 0.4) is 0 Å². The molecule has 19 heavy (non-hydrogen) atoms. The molecule has 2 unspecified atom stereocenters. The third kappa shape index (κ3) is 2.85. The van der Waals surface area contributed by atoms with Crippen molar-refractivity contribution >= 4 is 0 Å². The molecule has 6 nitrogen and oxygen atoms in total. The van der Waals surface area contributed by atoms with E-state index in [2.05, 4.69) is 34.3 Å². The molecule has 2 atom stereocenters. The third-order valence-electron chi connectivity index (χ3n) is 3.19. The highest BCUT2D eigenvalue weighted by Crippen LogP contribution is 2.19. The molecule has 1 aliphatic rings. The molecule has 0 spiro atoms. The van der Waals surface area contributed by atoms with E-state index in [9.17, 15) is 0 Å². The number of nitrogens with one attached hydrogen (secondary N) is 1. The maximum absolute atomic E-state index is 5.62. The summed E-state index contributed by atoms with van der Waals surface area (Å²) < 4.78 is 10.9. The molecule has 1 fully saturated rings. The van der Waals surface area contributed by atoms with Gasteiger partial charge in [-0.1, -0.05) is 0 Å². The second-order valence-corrected chi connectivity index (χ2v) is 5.14. The zero-order valence-electron chi connectivity index (χ0n) is 11.2. The fourth-order valence-corrected chi connectivity index (χ4v) is 2.58. The second-order valence-electron chi connectivity index (χ2n) is 5.14. The minimum atomic E-state index is 0.441. The van der Waals surface area contributed by atoms with Gasteiger partial charge in [-0.15, -0.1) is 10.2 Å². The van der Waals surface area contributed by atoms with Crippen LogP contribution >= 0.6 is 0 Å². The summed E-state index contributed by atoms with van der Waals surface area (Å²) in [5, 5.41) is 11.6. The first-order chi connectivity index (χ1) is 9.20. The van der Waals surface area contributed by atoms with Gasteiger partial charge in [0, 0.05) is 25.2 Å². The molecule has 0 bridgehead atoms. The molecule has 2 aromatic rings. The number of nitrogens with zero attached hydrogens (tertiary/aromatic N) is 3. The molecule has 1 saturated heterocycles. The molecule has 0 amide bonds. The predicted molar refractivity (Wildman–Crippen MR) is 69.3 cm³/mol. The number of rotatable bonds is 3. The van der Waals surface area contributed by atoms with E-state index in [0.29, 0.717) is 36.2 Å². The Hall–Kier alpha value is -1.66. The normalized spacial score (nSPS) is 24.7. The van der Waals surface area contributed by atoms with Crippen molar-refractivity contribution in [1.82, 2.24) is 20.4 Å². The smallest absolute Gasteiger partial charge is 0.283 e. The maximum atomic E-state index is 5.62. The molecule has 0 aliphatic carbocycles. The first kappa shape index (κ1) is 12.4. The fraction of sp³-hybridized carbons (Fsp3) is 0.538. The van der Waals surface area contributed by atoms with Crippen molar-refractivity contribution in [1.29, 1.82) is 0 Å². The molecule has 6 heteroatoms. The van der Waals surface area contributed by atoms with Gasteiger partial charge in [0.25, 0.3) is 5.89 Å². The van der Waals surface area contributed by atoms with Gasteiger partial charge in [-0.2, -0.15) is 0 Å². The quantitative estimate of drug-likeness (QED) is 0.904. The Morgan fingerprint density at radius 2 is 2.11 bits per heavy atom. The first-order valence-electron chi connectivity index (χ1n) is 6.55. The summed E-state index contributed by atoms with van der Waals surface area (Å²) in [6, 6.07) is 4.58. The Kier molecular flexibility index (Phi) is 3.35. The van der Waals surface area contributed by atoms with Crippen molar-refractivity contribution in [2.45, 2.75) is 32.5 Å². The average molecular weight is 262 g/mol. The van der Waals surface area contributed by atoms with E-state index >= 15 is 0 Å². The highest BCUT2D eigenvalue weighted by molar-refractivity contribution is 5.42. The van der Waals surface area contributed by atoms with E-state index < -0.39 is 0 Å². The van der Waals surface area contributed by atoms with Crippen LogP contribution in [0.4, 0.5) is 0 Å². The Balaban J connectivity index is 1.67. The molecule has 0 radical (unpaired) electrons. The van der Waals surface area contributed by atoms with Crippen LogP contribution in [-0.2, 0) is 6.54 Å². The topological polar surface area (TPSA) is 67.3 Å². The van der Waals surface area contributed by atoms with Gasteiger partial charge in [-0.3, -0.25) is 4.90 Å². The zero-order valence-corrected chi connectivity index (χ0v) is 11.2. The minimum absolute atomic E-state index is 0.441. The van der Waals surface area contributed by atoms with Gasteiger partial charge in [0.2, 0.25) is 5.89 Å². The summed E-state index contributed by atoms with van der Waals surface area (Å²) in [6.07, 6.45) is 1.60. The Morgan fingerprint density at radius 1 is 1.32 bits per heavy atom. The fourth-order valence-electron chi connectivity index (χ4n) is 2.58. The lowest BCUT2D eigenvalue weighted by molar-refractivity contribution is 0.154. The molecule has 0 aromatic carbocycles. The lowest BCUT2D eigenvalue weighted by atomic mass is 10.1. The Morgan fingerprint density at radius 3 is 2.79 bits per heavy atom. The van der Waals surface area contributed by atoms with Crippen molar-refractivity contribution in [3.63, 3.8) is 0 Å². The van der Waals surface area contributed by atoms with Crippen molar-refractivity contribution in [2.24, 2.45) is 0 Å². The molecule has 1 aliphatic heterocycles. The summed E-state index contributed by atoms with van der Waals surface area (Å²) in [5.41, 5.74) is 0. The molecule has 102 valence electrons. The standard InChI is InChI=1S/C13H18N4O2/c1-9-6-17(7-10(2)14-9)8-12-15-16-13(19-12)11-4-3-5-18-11/h3-5,9-10,14H,6-8H2,1-2H3. The second kappa shape index (κ2) is 5.14. The lowest BCUT2D eigenvalue weighted by Crippen LogP contribution is -2.53. The minimum Gasteiger partial charge on any atom is -0.459 e. The number of aromatic nitrogens is 2. The molecule has 3 rings (SSSR count). The van der Waals surface area contributed by atoms with Crippen LogP contribution in [0.25, 0.3) is 11.7 Å². The molecule has 1 N–H and O–H groups in total. The van der Waals surface area contributed by atoms with E-state index in [1.54, 1.807) is 12.3 Å². The van der Waals surface area contributed by atoms with Crippen molar-refractivity contribution in [2.75, 3.05) is 13.1 Å². The van der Waals surface area contributed by atoms with Gasteiger partial charge in [0.05, 0.1) is 12.8 Å². The summed E-state index contributed by atoms with van der Waals surface area (Å²) in [6.45, 7) is 7.03. The van der Waals surface area contributed by atoms with Crippen LogP contribution in [0.5, 0.6) is 0 Å². The van der Waals surface area contributed by atoms with Gasteiger partial charge < -0.3 is 14.2 Å². The van der Waals surface area contributed by atoms with E-state index in [0.717, 1.165) is 13.1 Å². The molecule has 3 heterocycles. The summed E-state index contributed by atoms with van der Waals surface area (Å²) in [7, 11) is 0. The van der Waals surface area contributed by atoms with Crippen LogP contribution in [-0.4, -0.2) is 40.3 Å². The summed E-state index contributed by atoms with van der Waals surface area (Å²) in [5.74, 6) is 1.68. The maximum Gasteiger partial charge on any atom is 0.283 e. The van der Waals surface area contributed by atoms with Gasteiger partial charge in [-0.05, 0) is 26.0 Å². The molecular weight excluding hydrogens is 244 g/mol. The Labute approximate surface area is 111 Å². The van der Waals surface area contributed by atoms with Crippen LogP contribution in [0.2, 0.25) is 0 Å². The molecule has 2 aromatic heterocycles. The highest BCUT2D eigenvalue weighted by atomic mass is 16.4. The number of furan rings is 1. The van der Waals surface area contributed by atoms with E-state index in [1.165, 1.54) is 0 Å². The van der Waals surface area contributed by atoms with E-state index in [4.69, 9.17) is 8.83 Å². The van der Waals surface area contributed by atoms with Gasteiger partial charge >= 0.3 is 0 Å². The highest BCUT2D eigenvalue weighted by Gasteiger charge is 2.22. The molecular formula is C13H18N4O2. The third-order valence-corrected chi connectivity index (χ3v) is 3.19. The van der Waals surface area contributed by atoms with Gasteiger partial charge in [0.15, 0.2) is 5.76 Å². The first-order valence-corrected chi connectivity index (χ1v) is 6.55. The van der Waals surface area contributed by atoms with Crippen molar-refractivity contribution in [3.05, 3.63) is 24.3 Å². The average Bonchev–Trinajstić information content (AvgIpc) is 2.96. The Bertz CT molecular complexity index is 512. The van der Waals surface area contributed by atoms with Crippen LogP contribution in [0.1, 0.15) is 19.7 Å². The summed E-state index contributed by atoms with van der Waals surface area (Å²) in [4.78, 5) is 2.32. The van der Waals surface area contributed by atoms with Crippen molar-refractivity contribution in [3.8, 4) is 11.7 Å². The number of hydrogen-bond acceptors (Lipinski definition) is 6. The summed E-state index contributed by atoms with van der Waals surface area (Å²) >= 11 is 0. The van der Waals surface area contributed by atoms with Gasteiger partial charge in [0.1, 0.15) is 0 Å². The van der Waals surface area contributed by atoms with Crippen LogP contribution in [0.15, 0.2) is 27.2 Å². The number of hydrogen-bond donors (Lipinski definition) is 1. The predicted octanol–water partition coefficient (Wildman–Crippen LogP) is 1.51. The molecule has 0 saturated carbocycles. The van der Waals surface area contributed by atoms with Crippen LogP contribution in [0, 0.1) is 0 Å². The van der Waals surface area contributed by atoms with E-state index in [1.807, 2.05) is 6.07 Å². The van der Waals surface area contributed by atoms with E-state index in [-0.39, 0.29) is 0 Å². The van der Waals surface area contributed by atoms with Crippen molar-refractivity contribution < 1.29 is 8.83 Å². The monoisotopic (exact) mass is 262 g/mol. The largest absolute Gasteiger partial charge is 0.459 e. The SMILES string of the molecule is CC1CN(Cc2nnc(-c3ccco3)o2)CC(C)N1.